The second kappa shape index (κ2) is 3.70. The van der Waals surface area contributed by atoms with Crippen molar-refractivity contribution in [2.75, 3.05) is 0 Å². The molecule has 0 aromatic carbocycles. The molecule has 0 spiro atoms. The van der Waals surface area contributed by atoms with E-state index in [0.717, 1.165) is 19.3 Å². The molecule has 1 aliphatic heterocycles. The molecule has 3 nitrogen and oxygen atoms in total. The number of hydrogen-bond donors (Lipinski definition) is 1. The number of carbonyl (C=O) groups is 1. The molecule has 1 saturated heterocycles. The zero-order chi connectivity index (χ0) is 13.1. The molecule has 3 heteroatoms. The predicted octanol–water partition coefficient (Wildman–Crippen LogP) is 2.21. The predicted molar refractivity (Wildman–Crippen MR) is 67.7 cm³/mol. The average molecular weight is 248 g/mol. The van der Waals surface area contributed by atoms with Crippen LogP contribution in [-0.2, 0) is 9.53 Å². The number of ether oxygens (including phenoxy) is 1. The number of rotatable bonds is 0. The topological polar surface area (TPSA) is 46.5 Å². The fourth-order valence-corrected chi connectivity index (χ4v) is 3.82. The molecule has 2 fully saturated rings. The summed E-state index contributed by atoms with van der Waals surface area (Å²) in [6.07, 6.45) is 4.51. The summed E-state index contributed by atoms with van der Waals surface area (Å²) in [6.45, 7) is 7.93. The van der Waals surface area contributed by atoms with Gasteiger partial charge < -0.3 is 9.84 Å². The van der Waals surface area contributed by atoms with Gasteiger partial charge in [0.1, 0.15) is 6.10 Å². The van der Waals surface area contributed by atoms with Gasteiger partial charge in [-0.3, -0.25) is 0 Å². The van der Waals surface area contributed by atoms with Crippen LogP contribution in [0.2, 0.25) is 0 Å². The highest BCUT2D eigenvalue weighted by Crippen LogP contribution is 2.50. The van der Waals surface area contributed by atoms with E-state index in [1.54, 1.807) is 0 Å². The summed E-state index contributed by atoms with van der Waals surface area (Å²) in [6, 6.07) is 0. The van der Waals surface area contributed by atoms with Gasteiger partial charge in [0.05, 0.1) is 5.60 Å². The van der Waals surface area contributed by atoms with Crippen molar-refractivity contribution >= 4 is 5.97 Å². The quantitative estimate of drug-likeness (QED) is 0.406. The van der Waals surface area contributed by atoms with Crippen LogP contribution < -0.4 is 0 Å². The van der Waals surface area contributed by atoms with Gasteiger partial charge in [-0.1, -0.05) is 25.2 Å². The Hall–Kier alpha value is -1.09. The van der Waals surface area contributed by atoms with Crippen molar-refractivity contribution < 1.29 is 14.6 Å². The van der Waals surface area contributed by atoms with E-state index in [1.165, 1.54) is 5.57 Å². The lowest BCUT2D eigenvalue weighted by Gasteiger charge is -2.30. The fourth-order valence-electron chi connectivity index (χ4n) is 3.82. The van der Waals surface area contributed by atoms with E-state index in [-0.39, 0.29) is 23.9 Å². The van der Waals surface area contributed by atoms with Crippen molar-refractivity contribution in [3.05, 3.63) is 23.8 Å². The highest BCUT2D eigenvalue weighted by Gasteiger charge is 2.49. The van der Waals surface area contributed by atoms with Gasteiger partial charge in [0.2, 0.25) is 0 Å². The Balaban J connectivity index is 1.95. The Morgan fingerprint density at radius 2 is 2.22 bits per heavy atom. The summed E-state index contributed by atoms with van der Waals surface area (Å²) in [4.78, 5) is 11.6. The standard InChI is InChI=1S/C15H20O3/c1-8-6-13-11(9(2)14(16)18-13)7-12-10(8)4-5-15(12,3)17/h4,8,11-13,17H,2,5-7H2,1,3H3/t8-,11+,12+,13+,15+/m0/s1. The molecule has 3 aliphatic rings. The Bertz CT molecular complexity index is 447. The second-order valence-corrected chi connectivity index (χ2v) is 6.27. The first-order chi connectivity index (χ1) is 8.40. The summed E-state index contributed by atoms with van der Waals surface area (Å²) < 4.78 is 5.41. The Morgan fingerprint density at radius 1 is 1.50 bits per heavy atom. The van der Waals surface area contributed by atoms with Gasteiger partial charge in [0, 0.05) is 17.4 Å². The first-order valence-corrected chi connectivity index (χ1v) is 6.72. The summed E-state index contributed by atoms with van der Waals surface area (Å²) in [5.41, 5.74) is 1.26. The minimum atomic E-state index is -0.676. The molecule has 0 amide bonds. The largest absolute Gasteiger partial charge is 0.458 e. The molecule has 18 heavy (non-hydrogen) atoms. The number of hydrogen-bond acceptors (Lipinski definition) is 3. The first kappa shape index (κ1) is 12.0. The summed E-state index contributed by atoms with van der Waals surface area (Å²) >= 11 is 0. The van der Waals surface area contributed by atoms with Gasteiger partial charge in [0.25, 0.3) is 0 Å². The Morgan fingerprint density at radius 3 is 2.94 bits per heavy atom. The van der Waals surface area contributed by atoms with Gasteiger partial charge in [-0.25, -0.2) is 4.79 Å². The third kappa shape index (κ3) is 1.57. The molecule has 2 aliphatic carbocycles. The summed E-state index contributed by atoms with van der Waals surface area (Å²) in [5.74, 6) is 0.356. The zero-order valence-electron chi connectivity index (χ0n) is 11.0. The van der Waals surface area contributed by atoms with Crippen molar-refractivity contribution in [1.29, 1.82) is 0 Å². The Labute approximate surface area is 108 Å². The number of carbonyl (C=O) groups excluding carboxylic acids is 1. The Kier molecular flexibility index (Phi) is 2.46. The molecule has 1 heterocycles. The van der Waals surface area contributed by atoms with Crippen LogP contribution in [0, 0.1) is 17.8 Å². The van der Waals surface area contributed by atoms with Crippen molar-refractivity contribution in [1.82, 2.24) is 0 Å². The van der Waals surface area contributed by atoms with E-state index in [9.17, 15) is 9.90 Å². The van der Waals surface area contributed by atoms with Crippen LogP contribution in [-0.4, -0.2) is 22.8 Å². The SMILES string of the molecule is C=C1C(=O)O[C@@H]2C[C@H](C)C3=CC[C@@](C)(O)[C@@H]3C[C@H]12. The molecule has 3 rings (SSSR count). The molecule has 0 aromatic heterocycles. The van der Waals surface area contributed by atoms with Crippen molar-refractivity contribution in [2.24, 2.45) is 17.8 Å². The number of fused-ring (bicyclic) bond motifs is 2. The molecule has 0 bridgehead atoms. The lowest BCUT2D eigenvalue weighted by atomic mass is 9.79. The first-order valence-electron chi connectivity index (χ1n) is 6.72. The van der Waals surface area contributed by atoms with Gasteiger partial charge in [-0.05, 0) is 32.1 Å². The van der Waals surface area contributed by atoms with Crippen LogP contribution in [0.15, 0.2) is 23.8 Å². The summed E-state index contributed by atoms with van der Waals surface area (Å²) in [7, 11) is 0. The van der Waals surface area contributed by atoms with E-state index < -0.39 is 5.60 Å². The maximum absolute atomic E-state index is 11.6. The average Bonchev–Trinajstić information content (AvgIpc) is 2.65. The van der Waals surface area contributed by atoms with Crippen molar-refractivity contribution in [3.8, 4) is 0 Å². The molecule has 0 unspecified atom stereocenters. The van der Waals surface area contributed by atoms with Gasteiger partial charge in [-0.2, -0.15) is 0 Å². The number of esters is 1. The van der Waals surface area contributed by atoms with Crippen LogP contribution in [0.25, 0.3) is 0 Å². The molecule has 1 saturated carbocycles. The van der Waals surface area contributed by atoms with E-state index in [4.69, 9.17) is 4.74 Å². The van der Waals surface area contributed by atoms with E-state index >= 15 is 0 Å². The third-order valence-corrected chi connectivity index (χ3v) is 4.97. The van der Waals surface area contributed by atoms with Crippen LogP contribution in [0.4, 0.5) is 0 Å². The number of aliphatic hydroxyl groups is 1. The van der Waals surface area contributed by atoms with Crippen molar-refractivity contribution in [3.63, 3.8) is 0 Å². The van der Waals surface area contributed by atoms with Crippen LogP contribution >= 0.6 is 0 Å². The van der Waals surface area contributed by atoms with Gasteiger partial charge in [-0.15, -0.1) is 0 Å². The van der Waals surface area contributed by atoms with Gasteiger partial charge >= 0.3 is 5.97 Å². The highest BCUT2D eigenvalue weighted by atomic mass is 16.6. The van der Waals surface area contributed by atoms with E-state index in [1.807, 2.05) is 6.92 Å². The minimum Gasteiger partial charge on any atom is -0.458 e. The molecule has 0 radical (unpaired) electrons. The molecule has 0 aromatic rings. The fraction of sp³-hybridized carbons (Fsp3) is 0.667. The summed E-state index contributed by atoms with van der Waals surface area (Å²) in [5, 5.41) is 10.5. The lowest BCUT2D eigenvalue weighted by molar-refractivity contribution is -0.139. The monoisotopic (exact) mass is 248 g/mol. The van der Waals surface area contributed by atoms with Crippen LogP contribution in [0.3, 0.4) is 0 Å². The third-order valence-electron chi connectivity index (χ3n) is 4.97. The maximum Gasteiger partial charge on any atom is 0.334 e. The minimum absolute atomic E-state index is 0.0395. The molecular weight excluding hydrogens is 228 g/mol. The van der Waals surface area contributed by atoms with Crippen LogP contribution in [0.5, 0.6) is 0 Å². The molecule has 1 N–H and O–H groups in total. The molecule has 98 valence electrons. The lowest BCUT2D eigenvalue weighted by Crippen LogP contribution is -2.33. The molecule has 5 atom stereocenters. The normalized spacial score (nSPS) is 47.2. The highest BCUT2D eigenvalue weighted by molar-refractivity contribution is 5.90. The molecular formula is C15H20O3. The van der Waals surface area contributed by atoms with Gasteiger partial charge in [0.15, 0.2) is 0 Å². The van der Waals surface area contributed by atoms with Crippen LogP contribution in [0.1, 0.15) is 33.1 Å². The smallest absolute Gasteiger partial charge is 0.334 e. The maximum atomic E-state index is 11.6. The zero-order valence-corrected chi connectivity index (χ0v) is 11.0. The second-order valence-electron chi connectivity index (χ2n) is 6.27. The van der Waals surface area contributed by atoms with E-state index in [0.29, 0.717) is 11.5 Å². The van der Waals surface area contributed by atoms with Crippen molar-refractivity contribution in [2.45, 2.75) is 44.8 Å². The van der Waals surface area contributed by atoms with E-state index in [2.05, 4.69) is 19.6 Å².